The average molecular weight is 421 g/mol. The van der Waals surface area contributed by atoms with Gasteiger partial charge in [0.15, 0.2) is 0 Å². The van der Waals surface area contributed by atoms with E-state index in [-0.39, 0.29) is 24.6 Å². The lowest BCUT2D eigenvalue weighted by molar-refractivity contribution is -0.117. The molecule has 6 heteroatoms. The number of carbonyl (C=O) groups is 1. The molecule has 1 aliphatic heterocycles. The van der Waals surface area contributed by atoms with Gasteiger partial charge in [-0.1, -0.05) is 24.3 Å². The van der Waals surface area contributed by atoms with Crippen LogP contribution in [0.4, 0.5) is 5.82 Å². The van der Waals surface area contributed by atoms with Crippen LogP contribution in [-0.2, 0) is 22.5 Å². The van der Waals surface area contributed by atoms with Crippen LogP contribution in [0, 0.1) is 25.2 Å². The number of amides is 1. The summed E-state index contributed by atoms with van der Waals surface area (Å²) in [5, 5.41) is 12.8. The second-order valence-electron chi connectivity index (χ2n) is 8.86. The van der Waals surface area contributed by atoms with E-state index in [1.54, 1.807) is 0 Å². The maximum absolute atomic E-state index is 13.0. The molecule has 1 N–H and O–H groups in total. The van der Waals surface area contributed by atoms with Gasteiger partial charge in [-0.2, -0.15) is 5.26 Å². The SMILES string of the molecule is Cc1c(C#N)c(NC(=O)CN(C)C2CCCc3ccccc32)n(CC2CCCO2)c1C. The molecule has 2 aliphatic rings. The fourth-order valence-corrected chi connectivity index (χ4v) is 5.05. The van der Waals surface area contributed by atoms with Crippen LogP contribution in [0.15, 0.2) is 24.3 Å². The molecule has 1 amide bonds. The Kier molecular flexibility index (Phi) is 6.45. The second kappa shape index (κ2) is 9.25. The number of hydrogen-bond donors (Lipinski definition) is 1. The summed E-state index contributed by atoms with van der Waals surface area (Å²) in [6.07, 6.45) is 5.49. The molecular formula is C25H32N4O2. The van der Waals surface area contributed by atoms with Crippen molar-refractivity contribution in [3.05, 3.63) is 52.2 Å². The number of aryl methyl sites for hydroxylation is 1. The Morgan fingerprint density at radius 1 is 1.29 bits per heavy atom. The number of nitrogens with zero attached hydrogens (tertiary/aromatic N) is 3. The van der Waals surface area contributed by atoms with Gasteiger partial charge in [0, 0.05) is 18.3 Å². The Bertz CT molecular complexity index is 998. The summed E-state index contributed by atoms with van der Waals surface area (Å²) >= 11 is 0. The lowest BCUT2D eigenvalue weighted by atomic mass is 9.87. The maximum Gasteiger partial charge on any atom is 0.239 e. The van der Waals surface area contributed by atoms with Gasteiger partial charge in [-0.05, 0) is 69.7 Å². The number of fused-ring (bicyclic) bond motifs is 1. The van der Waals surface area contributed by atoms with Crippen LogP contribution >= 0.6 is 0 Å². The lowest BCUT2D eigenvalue weighted by Crippen LogP contribution is -2.35. The number of aromatic nitrogens is 1. The summed E-state index contributed by atoms with van der Waals surface area (Å²) in [4.78, 5) is 15.2. The van der Waals surface area contributed by atoms with Crippen molar-refractivity contribution in [2.45, 2.75) is 64.6 Å². The molecule has 2 heterocycles. The molecule has 4 rings (SSSR count). The largest absolute Gasteiger partial charge is 0.376 e. The van der Waals surface area contributed by atoms with E-state index < -0.39 is 0 Å². The minimum Gasteiger partial charge on any atom is -0.376 e. The van der Waals surface area contributed by atoms with Gasteiger partial charge in [0.2, 0.25) is 5.91 Å². The Labute approximate surface area is 184 Å². The van der Waals surface area contributed by atoms with Gasteiger partial charge in [0.1, 0.15) is 11.9 Å². The van der Waals surface area contributed by atoms with Crippen molar-refractivity contribution < 1.29 is 9.53 Å². The van der Waals surface area contributed by atoms with Gasteiger partial charge < -0.3 is 14.6 Å². The van der Waals surface area contributed by atoms with Crippen LogP contribution in [0.3, 0.4) is 0 Å². The maximum atomic E-state index is 13.0. The summed E-state index contributed by atoms with van der Waals surface area (Å²) in [6, 6.07) is 11.1. The van der Waals surface area contributed by atoms with Crippen molar-refractivity contribution in [1.82, 2.24) is 9.47 Å². The first-order valence-electron chi connectivity index (χ1n) is 11.3. The number of benzene rings is 1. The van der Waals surface area contributed by atoms with E-state index >= 15 is 0 Å². The third kappa shape index (κ3) is 4.39. The van der Waals surface area contributed by atoms with Gasteiger partial charge in [0.25, 0.3) is 0 Å². The first kappa shape index (κ1) is 21.6. The molecule has 1 aromatic heterocycles. The summed E-state index contributed by atoms with van der Waals surface area (Å²) < 4.78 is 7.86. The first-order chi connectivity index (χ1) is 15.0. The highest BCUT2D eigenvalue weighted by molar-refractivity contribution is 5.93. The average Bonchev–Trinajstić information content (AvgIpc) is 3.36. The van der Waals surface area contributed by atoms with Crippen LogP contribution in [0.25, 0.3) is 0 Å². The van der Waals surface area contributed by atoms with E-state index in [1.165, 1.54) is 11.1 Å². The smallest absolute Gasteiger partial charge is 0.239 e. The third-order valence-electron chi connectivity index (χ3n) is 6.87. The van der Waals surface area contributed by atoms with E-state index in [1.807, 2.05) is 20.9 Å². The Morgan fingerprint density at radius 2 is 2.10 bits per heavy atom. The molecule has 0 bridgehead atoms. The molecule has 2 aromatic rings. The fourth-order valence-electron chi connectivity index (χ4n) is 5.05. The van der Waals surface area contributed by atoms with Gasteiger partial charge in [0.05, 0.1) is 24.8 Å². The summed E-state index contributed by atoms with van der Waals surface area (Å²) in [5.74, 6) is 0.517. The number of likely N-dealkylation sites (N-methyl/N-ethyl adjacent to an activating group) is 1. The van der Waals surface area contributed by atoms with Gasteiger partial charge >= 0.3 is 0 Å². The zero-order valence-corrected chi connectivity index (χ0v) is 18.8. The van der Waals surface area contributed by atoms with Crippen molar-refractivity contribution in [2.75, 3.05) is 25.5 Å². The highest BCUT2D eigenvalue weighted by Gasteiger charge is 2.27. The van der Waals surface area contributed by atoms with Crippen LogP contribution in [0.2, 0.25) is 0 Å². The topological polar surface area (TPSA) is 70.3 Å². The molecule has 1 fully saturated rings. The van der Waals surface area contributed by atoms with Gasteiger partial charge in [-0.3, -0.25) is 9.69 Å². The van der Waals surface area contributed by atoms with Crippen molar-refractivity contribution in [2.24, 2.45) is 0 Å². The molecule has 0 radical (unpaired) electrons. The van der Waals surface area contributed by atoms with Crippen LogP contribution in [0.5, 0.6) is 0 Å². The van der Waals surface area contributed by atoms with E-state index in [4.69, 9.17) is 4.74 Å². The molecule has 1 aliphatic carbocycles. The van der Waals surface area contributed by atoms with E-state index in [0.29, 0.717) is 17.9 Å². The molecule has 164 valence electrons. The van der Waals surface area contributed by atoms with Gasteiger partial charge in [-0.15, -0.1) is 0 Å². The monoisotopic (exact) mass is 420 g/mol. The fraction of sp³-hybridized carbons (Fsp3) is 0.520. The number of anilines is 1. The number of nitriles is 1. The Hall–Kier alpha value is -2.62. The Balaban J connectivity index is 1.51. The Morgan fingerprint density at radius 3 is 2.84 bits per heavy atom. The molecule has 2 unspecified atom stereocenters. The van der Waals surface area contributed by atoms with Crippen LogP contribution in [0.1, 0.15) is 59.7 Å². The summed E-state index contributed by atoms with van der Waals surface area (Å²) in [7, 11) is 2.01. The van der Waals surface area contributed by atoms with Crippen LogP contribution < -0.4 is 5.32 Å². The number of nitrogens with one attached hydrogen (secondary N) is 1. The summed E-state index contributed by atoms with van der Waals surface area (Å²) in [6.45, 7) is 5.68. The van der Waals surface area contributed by atoms with E-state index in [0.717, 1.165) is 50.0 Å². The molecule has 1 saturated heterocycles. The number of rotatable bonds is 6. The van der Waals surface area contributed by atoms with Gasteiger partial charge in [-0.25, -0.2) is 0 Å². The predicted octanol–water partition coefficient (Wildman–Crippen LogP) is 4.10. The normalized spacial score (nSPS) is 20.5. The minimum atomic E-state index is -0.0897. The van der Waals surface area contributed by atoms with Crippen LogP contribution in [-0.4, -0.2) is 41.7 Å². The number of hydrogen-bond acceptors (Lipinski definition) is 4. The molecule has 6 nitrogen and oxygen atoms in total. The van der Waals surface area contributed by atoms with Crippen molar-refractivity contribution in [1.29, 1.82) is 5.26 Å². The molecule has 0 saturated carbocycles. The standard InChI is InChI=1S/C25H32N4O2/c1-17-18(2)29(15-20-10-7-13-31-20)25(22(17)14-26)27-24(30)16-28(3)23-12-6-9-19-8-4-5-11-21(19)23/h4-5,8,11,20,23H,6-7,9-10,12-13,15-16H2,1-3H3,(H,27,30). The molecular weight excluding hydrogens is 388 g/mol. The zero-order valence-electron chi connectivity index (χ0n) is 18.8. The second-order valence-corrected chi connectivity index (χ2v) is 8.86. The quantitative estimate of drug-likeness (QED) is 0.764. The van der Waals surface area contributed by atoms with E-state index in [9.17, 15) is 10.1 Å². The lowest BCUT2D eigenvalue weighted by Gasteiger charge is -2.33. The van der Waals surface area contributed by atoms with Crippen molar-refractivity contribution >= 4 is 11.7 Å². The van der Waals surface area contributed by atoms with Crippen molar-refractivity contribution in [3.63, 3.8) is 0 Å². The predicted molar refractivity (Wildman–Crippen MR) is 121 cm³/mol. The minimum absolute atomic E-state index is 0.0897. The molecule has 31 heavy (non-hydrogen) atoms. The first-order valence-corrected chi connectivity index (χ1v) is 11.3. The highest BCUT2D eigenvalue weighted by atomic mass is 16.5. The highest BCUT2D eigenvalue weighted by Crippen LogP contribution is 2.33. The zero-order chi connectivity index (χ0) is 22.0. The third-order valence-corrected chi connectivity index (χ3v) is 6.87. The summed E-state index contributed by atoms with van der Waals surface area (Å²) in [5.41, 5.74) is 5.20. The molecule has 0 spiro atoms. The molecule has 1 aromatic carbocycles. The number of ether oxygens (including phenoxy) is 1. The van der Waals surface area contributed by atoms with E-state index in [2.05, 4.69) is 45.1 Å². The molecule has 2 atom stereocenters. The van der Waals surface area contributed by atoms with Crippen molar-refractivity contribution in [3.8, 4) is 6.07 Å². The number of carbonyl (C=O) groups excluding carboxylic acids is 1.